The maximum Gasteiger partial charge on any atom is 0.407 e. The van der Waals surface area contributed by atoms with Gasteiger partial charge in [0.25, 0.3) is 0 Å². The quantitative estimate of drug-likeness (QED) is 0.669. The van der Waals surface area contributed by atoms with E-state index in [1.807, 2.05) is 18.2 Å². The standard InChI is InChI=1S/C26H33F2N3O4/c1-26(2,3)35-25(33)29-21-16-22(34-18-9-10-19(27)20(28)15-18)24(32)23(21)31-13-11-30(12-14-31)17-7-5-4-6-8-17/h4-10,15,21-24,32H,11-14,16H2,1-3H3,(H,29,33)/t21-,22-,23+,24+/m1/s1. The largest absolute Gasteiger partial charge is 0.487 e. The molecule has 0 radical (unpaired) electrons. The van der Waals surface area contributed by atoms with Crippen molar-refractivity contribution in [3.63, 3.8) is 0 Å². The van der Waals surface area contributed by atoms with Gasteiger partial charge in [0.05, 0.1) is 12.1 Å². The molecule has 1 saturated heterocycles. The van der Waals surface area contributed by atoms with Gasteiger partial charge in [0.2, 0.25) is 0 Å². The number of hydrogen-bond acceptors (Lipinski definition) is 6. The summed E-state index contributed by atoms with van der Waals surface area (Å²) in [5, 5.41) is 14.1. The lowest BCUT2D eigenvalue weighted by molar-refractivity contribution is 0.00368. The number of benzene rings is 2. The van der Waals surface area contributed by atoms with Gasteiger partial charge in [0.15, 0.2) is 11.6 Å². The Labute approximate surface area is 204 Å². The Morgan fingerprint density at radius 3 is 2.34 bits per heavy atom. The summed E-state index contributed by atoms with van der Waals surface area (Å²) in [5.41, 5.74) is 0.474. The third-order valence-corrected chi connectivity index (χ3v) is 6.37. The smallest absolute Gasteiger partial charge is 0.407 e. The number of carbonyl (C=O) groups excluding carboxylic acids is 1. The van der Waals surface area contributed by atoms with Crippen LogP contribution in [0.1, 0.15) is 27.2 Å². The first-order chi connectivity index (χ1) is 16.6. The molecule has 35 heavy (non-hydrogen) atoms. The summed E-state index contributed by atoms with van der Waals surface area (Å²) in [6.45, 7) is 8.24. The highest BCUT2D eigenvalue weighted by atomic mass is 19.2. The first-order valence-electron chi connectivity index (χ1n) is 11.9. The van der Waals surface area contributed by atoms with Crippen molar-refractivity contribution in [2.75, 3.05) is 31.1 Å². The highest BCUT2D eigenvalue weighted by molar-refractivity contribution is 5.68. The Kier molecular flexibility index (Phi) is 7.47. The van der Waals surface area contributed by atoms with Crippen LogP contribution in [-0.2, 0) is 4.74 Å². The second-order valence-corrected chi connectivity index (χ2v) is 10.1. The zero-order valence-electron chi connectivity index (χ0n) is 20.3. The molecule has 2 fully saturated rings. The van der Waals surface area contributed by atoms with Gasteiger partial charge < -0.3 is 24.8 Å². The number of nitrogens with one attached hydrogen (secondary N) is 1. The number of hydrogen-bond donors (Lipinski definition) is 2. The zero-order valence-corrected chi connectivity index (χ0v) is 20.3. The van der Waals surface area contributed by atoms with E-state index in [0.717, 1.165) is 30.9 Å². The van der Waals surface area contributed by atoms with Gasteiger partial charge in [-0.05, 0) is 45.0 Å². The SMILES string of the molecule is CC(C)(C)OC(=O)N[C@@H]1C[C@@H](Oc2ccc(F)c(F)c2)[C@H](O)[C@H]1N1CCN(c2ccccc2)CC1. The number of amides is 1. The molecular weight excluding hydrogens is 456 g/mol. The summed E-state index contributed by atoms with van der Waals surface area (Å²) in [6.07, 6.45) is -1.94. The van der Waals surface area contributed by atoms with E-state index in [1.165, 1.54) is 6.07 Å². The molecule has 2 aromatic rings. The Morgan fingerprint density at radius 2 is 1.71 bits per heavy atom. The van der Waals surface area contributed by atoms with E-state index in [1.54, 1.807) is 20.8 Å². The summed E-state index contributed by atoms with van der Waals surface area (Å²) in [6, 6.07) is 12.5. The molecule has 4 atom stereocenters. The van der Waals surface area contributed by atoms with E-state index in [0.29, 0.717) is 19.5 Å². The Balaban J connectivity index is 1.48. The number of carbonyl (C=O) groups is 1. The van der Waals surface area contributed by atoms with Gasteiger partial charge in [0.1, 0.15) is 23.6 Å². The van der Waals surface area contributed by atoms with Gasteiger partial charge in [-0.2, -0.15) is 0 Å². The zero-order chi connectivity index (χ0) is 25.2. The van der Waals surface area contributed by atoms with Crippen LogP contribution in [0.15, 0.2) is 48.5 Å². The van der Waals surface area contributed by atoms with Crippen molar-refractivity contribution in [2.45, 2.75) is 57.1 Å². The summed E-state index contributed by atoms with van der Waals surface area (Å²) in [4.78, 5) is 17.0. The molecule has 9 heteroatoms. The number of nitrogens with zero attached hydrogens (tertiary/aromatic N) is 2. The second kappa shape index (κ2) is 10.4. The van der Waals surface area contributed by atoms with Crippen LogP contribution >= 0.6 is 0 Å². The monoisotopic (exact) mass is 489 g/mol. The maximum absolute atomic E-state index is 13.7. The van der Waals surface area contributed by atoms with E-state index in [2.05, 4.69) is 27.2 Å². The maximum atomic E-state index is 13.7. The molecule has 0 unspecified atom stereocenters. The van der Waals surface area contributed by atoms with Crippen molar-refractivity contribution < 1.29 is 28.2 Å². The molecule has 0 aromatic heterocycles. The summed E-state index contributed by atoms with van der Waals surface area (Å²) in [5.74, 6) is -1.87. The molecule has 1 aliphatic carbocycles. The average molecular weight is 490 g/mol. The van der Waals surface area contributed by atoms with E-state index in [-0.39, 0.29) is 5.75 Å². The third kappa shape index (κ3) is 6.21. The van der Waals surface area contributed by atoms with Gasteiger partial charge in [-0.1, -0.05) is 18.2 Å². The van der Waals surface area contributed by atoms with Gasteiger partial charge in [-0.25, -0.2) is 13.6 Å². The van der Waals surface area contributed by atoms with E-state index in [4.69, 9.17) is 9.47 Å². The van der Waals surface area contributed by atoms with Crippen molar-refractivity contribution in [1.29, 1.82) is 0 Å². The number of piperazine rings is 1. The minimum absolute atomic E-state index is 0.124. The topological polar surface area (TPSA) is 74.3 Å². The molecule has 2 N–H and O–H groups in total. The lowest BCUT2D eigenvalue weighted by Crippen LogP contribution is -2.59. The molecule has 0 spiro atoms. The van der Waals surface area contributed by atoms with Gasteiger partial charge in [-0.15, -0.1) is 0 Å². The number of alkyl carbamates (subject to hydrolysis) is 1. The fourth-order valence-corrected chi connectivity index (χ4v) is 4.82. The lowest BCUT2D eigenvalue weighted by atomic mass is 10.1. The van der Waals surface area contributed by atoms with Crippen LogP contribution in [0.5, 0.6) is 5.75 Å². The molecule has 2 aliphatic rings. The molecule has 1 heterocycles. The summed E-state index contributed by atoms with van der Waals surface area (Å²) < 4.78 is 38.3. The fraction of sp³-hybridized carbons (Fsp3) is 0.500. The van der Waals surface area contributed by atoms with Crippen molar-refractivity contribution >= 4 is 11.8 Å². The van der Waals surface area contributed by atoms with E-state index >= 15 is 0 Å². The minimum atomic E-state index is -1.02. The van der Waals surface area contributed by atoms with Crippen LogP contribution in [0.25, 0.3) is 0 Å². The van der Waals surface area contributed by atoms with Gasteiger partial charge >= 0.3 is 6.09 Å². The van der Waals surface area contributed by atoms with Crippen LogP contribution in [0.3, 0.4) is 0 Å². The third-order valence-electron chi connectivity index (χ3n) is 6.37. The molecule has 1 saturated carbocycles. The Hall–Kier alpha value is -2.91. The predicted molar refractivity (Wildman–Crippen MR) is 129 cm³/mol. The average Bonchev–Trinajstić information content (AvgIpc) is 3.10. The van der Waals surface area contributed by atoms with Crippen molar-refractivity contribution in [1.82, 2.24) is 10.2 Å². The highest BCUT2D eigenvalue weighted by Crippen LogP contribution is 2.31. The minimum Gasteiger partial charge on any atom is -0.487 e. The number of rotatable bonds is 5. The first-order valence-corrected chi connectivity index (χ1v) is 11.9. The second-order valence-electron chi connectivity index (χ2n) is 10.1. The summed E-state index contributed by atoms with van der Waals surface area (Å²) >= 11 is 0. The molecule has 0 bridgehead atoms. The fourth-order valence-electron chi connectivity index (χ4n) is 4.82. The van der Waals surface area contributed by atoms with Crippen molar-refractivity contribution in [3.8, 4) is 5.75 Å². The predicted octanol–water partition coefficient (Wildman–Crippen LogP) is 3.56. The van der Waals surface area contributed by atoms with Crippen molar-refractivity contribution in [3.05, 3.63) is 60.2 Å². The number of ether oxygens (including phenoxy) is 2. The van der Waals surface area contributed by atoms with E-state index in [9.17, 15) is 18.7 Å². The van der Waals surface area contributed by atoms with Crippen LogP contribution < -0.4 is 15.0 Å². The molecule has 7 nitrogen and oxygen atoms in total. The molecule has 190 valence electrons. The number of aliphatic hydroxyl groups is 1. The molecular formula is C26H33F2N3O4. The van der Waals surface area contributed by atoms with Crippen LogP contribution in [0, 0.1) is 11.6 Å². The Morgan fingerprint density at radius 1 is 1.03 bits per heavy atom. The number of para-hydroxylation sites is 1. The molecule has 1 amide bonds. The normalized spacial score (nSPS) is 25.4. The Bertz CT molecular complexity index is 1010. The summed E-state index contributed by atoms with van der Waals surface area (Å²) in [7, 11) is 0. The van der Waals surface area contributed by atoms with Crippen molar-refractivity contribution in [2.24, 2.45) is 0 Å². The number of halogens is 2. The van der Waals surface area contributed by atoms with Crippen LogP contribution in [0.4, 0.5) is 19.3 Å². The van der Waals surface area contributed by atoms with Crippen LogP contribution in [-0.4, -0.2) is 72.2 Å². The number of aliphatic hydroxyl groups excluding tert-OH is 1. The van der Waals surface area contributed by atoms with Crippen LogP contribution in [0.2, 0.25) is 0 Å². The molecule has 1 aliphatic heterocycles. The highest BCUT2D eigenvalue weighted by Gasteiger charge is 2.48. The van der Waals surface area contributed by atoms with Gasteiger partial charge in [0, 0.05) is 44.4 Å². The first kappa shape index (κ1) is 25.2. The lowest BCUT2D eigenvalue weighted by Gasteiger charge is -2.42. The molecule has 2 aromatic carbocycles. The number of anilines is 1. The van der Waals surface area contributed by atoms with E-state index < -0.39 is 47.6 Å². The molecule has 4 rings (SSSR count). The van der Waals surface area contributed by atoms with Gasteiger partial charge in [-0.3, -0.25) is 4.90 Å².